The van der Waals surface area contributed by atoms with Crippen LogP contribution in [-0.2, 0) is 4.84 Å². The molecule has 2 aromatic rings. The molecule has 2 heteroatoms. The number of rotatable bonds is 17. The van der Waals surface area contributed by atoms with Gasteiger partial charge in [-0.1, -0.05) is 145 Å². The lowest BCUT2D eigenvalue weighted by Crippen LogP contribution is -2.01. The van der Waals surface area contributed by atoms with Crippen LogP contribution in [0.3, 0.4) is 0 Å². The van der Waals surface area contributed by atoms with E-state index < -0.39 is 0 Å². The van der Waals surface area contributed by atoms with E-state index in [1.165, 1.54) is 107 Å². The Balaban J connectivity index is 1.20. The quantitative estimate of drug-likeness (QED) is 0.187. The van der Waals surface area contributed by atoms with Gasteiger partial charge in [-0.15, -0.1) is 0 Å². The van der Waals surface area contributed by atoms with E-state index >= 15 is 0 Å². The first-order chi connectivity index (χ1) is 15.4. The van der Waals surface area contributed by atoms with E-state index in [2.05, 4.69) is 66.6 Å². The molecule has 0 aromatic heterocycles. The summed E-state index contributed by atoms with van der Waals surface area (Å²) in [5, 5.41) is 2.16. The summed E-state index contributed by atoms with van der Waals surface area (Å²) in [6.45, 7) is 3.34. The lowest BCUT2D eigenvalue weighted by molar-refractivity contribution is 0.195. The average Bonchev–Trinajstić information content (AvgIpc) is 3.59. The van der Waals surface area contributed by atoms with Crippen LogP contribution in [0, 0.1) is 0 Å². The van der Waals surface area contributed by atoms with Gasteiger partial charge in [-0.25, -0.2) is 0 Å². The molecule has 0 aliphatic carbocycles. The fraction of sp³-hybridized carbons (Fsp3) is 0.586. The average molecular weight is 422 g/mol. The van der Waals surface area contributed by atoms with Gasteiger partial charge in [0.2, 0.25) is 0 Å². The first-order valence-electron chi connectivity index (χ1n) is 13.0. The van der Waals surface area contributed by atoms with Crippen molar-refractivity contribution in [2.24, 2.45) is 0 Å². The van der Waals surface area contributed by atoms with Crippen LogP contribution >= 0.6 is 0 Å². The van der Waals surface area contributed by atoms with E-state index in [0.29, 0.717) is 0 Å². The largest absolute Gasteiger partial charge is 0.270 e. The van der Waals surface area contributed by atoms with Crippen molar-refractivity contribution in [3.8, 4) is 11.1 Å². The topological polar surface area (TPSA) is 15.5 Å². The standard InChI is InChI=1S/C29H43NO/c1-2-3-4-5-6-7-8-9-10-11-12-13-14-20-25-30-29(31-30)28-24-19-18-23-27(28)26-21-16-15-17-22-26/h15-19,21-24,29H,2-14,20,25H2,1H3. The zero-order valence-electron chi connectivity index (χ0n) is 19.7. The van der Waals surface area contributed by atoms with Crippen molar-refractivity contribution in [2.45, 2.75) is 103 Å². The zero-order valence-corrected chi connectivity index (χ0v) is 19.7. The highest BCUT2D eigenvalue weighted by Crippen LogP contribution is 2.41. The van der Waals surface area contributed by atoms with Crippen LogP contribution in [0.5, 0.6) is 0 Å². The third-order valence-corrected chi connectivity index (χ3v) is 6.49. The van der Waals surface area contributed by atoms with Crippen LogP contribution in [0.2, 0.25) is 0 Å². The monoisotopic (exact) mass is 421 g/mol. The van der Waals surface area contributed by atoms with E-state index in [0.717, 1.165) is 6.54 Å². The Morgan fingerprint density at radius 3 is 1.74 bits per heavy atom. The first kappa shape index (κ1) is 24.0. The van der Waals surface area contributed by atoms with Gasteiger partial charge in [0.1, 0.15) is 0 Å². The van der Waals surface area contributed by atoms with Crippen LogP contribution in [0.25, 0.3) is 11.1 Å². The highest BCUT2D eigenvalue weighted by Gasteiger charge is 2.38. The summed E-state index contributed by atoms with van der Waals surface area (Å²) in [4.78, 5) is 5.91. The van der Waals surface area contributed by atoms with Crippen LogP contribution in [-0.4, -0.2) is 11.6 Å². The van der Waals surface area contributed by atoms with Gasteiger partial charge in [0.15, 0.2) is 6.23 Å². The molecule has 1 heterocycles. The predicted molar refractivity (Wildman–Crippen MR) is 133 cm³/mol. The molecule has 2 atom stereocenters. The Hall–Kier alpha value is -1.64. The molecule has 0 spiro atoms. The van der Waals surface area contributed by atoms with Crippen LogP contribution in [0.15, 0.2) is 54.6 Å². The lowest BCUT2D eigenvalue weighted by Gasteiger charge is -2.07. The molecule has 3 rings (SSSR count). The molecule has 170 valence electrons. The van der Waals surface area contributed by atoms with Crippen molar-refractivity contribution in [3.05, 3.63) is 60.2 Å². The third kappa shape index (κ3) is 8.79. The second kappa shape index (κ2) is 14.4. The maximum atomic E-state index is 5.91. The second-order valence-electron chi connectivity index (χ2n) is 9.15. The summed E-state index contributed by atoms with van der Waals surface area (Å²) in [5.41, 5.74) is 3.85. The van der Waals surface area contributed by atoms with Gasteiger partial charge in [0.05, 0.1) is 0 Å². The minimum absolute atomic E-state index is 0.137. The fourth-order valence-corrected chi connectivity index (χ4v) is 4.54. The van der Waals surface area contributed by atoms with Gasteiger partial charge in [-0.05, 0) is 17.5 Å². The van der Waals surface area contributed by atoms with Crippen molar-refractivity contribution in [2.75, 3.05) is 6.54 Å². The van der Waals surface area contributed by atoms with E-state index in [9.17, 15) is 0 Å². The highest BCUT2D eigenvalue weighted by molar-refractivity contribution is 5.67. The Morgan fingerprint density at radius 2 is 1.13 bits per heavy atom. The number of benzene rings is 2. The molecule has 2 unspecified atom stereocenters. The number of hydrogen-bond acceptors (Lipinski definition) is 2. The molecule has 1 saturated heterocycles. The van der Waals surface area contributed by atoms with E-state index in [-0.39, 0.29) is 6.23 Å². The molecule has 0 amide bonds. The van der Waals surface area contributed by atoms with Gasteiger partial charge in [0, 0.05) is 12.1 Å². The second-order valence-corrected chi connectivity index (χ2v) is 9.15. The van der Waals surface area contributed by atoms with Gasteiger partial charge in [-0.3, -0.25) is 4.84 Å². The first-order valence-corrected chi connectivity index (χ1v) is 13.0. The Labute approximate surface area is 191 Å². The number of hydrogen-bond donors (Lipinski definition) is 0. The summed E-state index contributed by atoms with van der Waals surface area (Å²) in [5.74, 6) is 0. The minimum atomic E-state index is 0.137. The van der Waals surface area contributed by atoms with Gasteiger partial charge in [-0.2, -0.15) is 5.06 Å². The highest BCUT2D eigenvalue weighted by atomic mass is 16.8. The van der Waals surface area contributed by atoms with Gasteiger partial charge < -0.3 is 0 Å². The number of unbranched alkanes of at least 4 members (excludes halogenated alkanes) is 13. The molecular formula is C29H43NO. The van der Waals surface area contributed by atoms with Gasteiger partial charge in [0.25, 0.3) is 0 Å². The summed E-state index contributed by atoms with van der Waals surface area (Å²) in [6.07, 6.45) is 19.8. The number of nitrogens with zero attached hydrogens (tertiary/aromatic N) is 1. The smallest absolute Gasteiger partial charge is 0.180 e. The molecule has 1 aliphatic heterocycles. The molecular weight excluding hydrogens is 378 g/mol. The van der Waals surface area contributed by atoms with Crippen molar-refractivity contribution < 1.29 is 4.84 Å². The summed E-state index contributed by atoms with van der Waals surface area (Å²) < 4.78 is 0. The van der Waals surface area contributed by atoms with E-state index in [1.54, 1.807) is 0 Å². The third-order valence-electron chi connectivity index (χ3n) is 6.49. The Kier molecular flexibility index (Phi) is 11.2. The molecule has 0 saturated carbocycles. The molecule has 0 radical (unpaired) electrons. The SMILES string of the molecule is CCCCCCCCCCCCCCCCN1OC1c1ccccc1-c1ccccc1. The van der Waals surface area contributed by atoms with Crippen LogP contribution in [0.1, 0.15) is 109 Å². The molecule has 31 heavy (non-hydrogen) atoms. The molecule has 1 aliphatic rings. The number of hydroxylamine groups is 2. The normalized spacial score (nSPS) is 17.7. The molecule has 2 nitrogen and oxygen atoms in total. The molecule has 0 bridgehead atoms. The van der Waals surface area contributed by atoms with Crippen molar-refractivity contribution >= 4 is 0 Å². The van der Waals surface area contributed by atoms with Gasteiger partial charge >= 0.3 is 0 Å². The van der Waals surface area contributed by atoms with E-state index in [4.69, 9.17) is 4.84 Å². The maximum absolute atomic E-state index is 5.91. The molecule has 1 fully saturated rings. The maximum Gasteiger partial charge on any atom is 0.180 e. The van der Waals surface area contributed by atoms with Crippen molar-refractivity contribution in [1.29, 1.82) is 0 Å². The summed E-state index contributed by atoms with van der Waals surface area (Å²) in [7, 11) is 0. The van der Waals surface area contributed by atoms with Crippen LogP contribution < -0.4 is 0 Å². The molecule has 0 N–H and O–H groups in total. The zero-order chi connectivity index (χ0) is 21.6. The fourth-order valence-electron chi connectivity index (χ4n) is 4.54. The minimum Gasteiger partial charge on any atom is -0.270 e. The Bertz CT molecular complexity index is 714. The van der Waals surface area contributed by atoms with Crippen LogP contribution in [0.4, 0.5) is 0 Å². The van der Waals surface area contributed by atoms with Crippen molar-refractivity contribution in [3.63, 3.8) is 0 Å². The predicted octanol–water partition coefficient (Wildman–Crippen LogP) is 9.08. The summed E-state index contributed by atoms with van der Waals surface area (Å²) >= 11 is 0. The molecule has 2 aromatic carbocycles. The summed E-state index contributed by atoms with van der Waals surface area (Å²) in [6, 6.07) is 19.3. The lowest BCUT2D eigenvalue weighted by atomic mass is 9.99. The van der Waals surface area contributed by atoms with E-state index in [1.807, 2.05) is 0 Å². The Morgan fingerprint density at radius 1 is 0.613 bits per heavy atom. The van der Waals surface area contributed by atoms with Crippen molar-refractivity contribution in [1.82, 2.24) is 5.06 Å².